The van der Waals surface area contributed by atoms with Crippen LogP contribution in [0.15, 0.2) is 54.1 Å². The van der Waals surface area contributed by atoms with Crippen molar-refractivity contribution in [3.8, 4) is 5.75 Å². The summed E-state index contributed by atoms with van der Waals surface area (Å²) in [7, 11) is 0. The Bertz CT molecular complexity index is 890. The number of hydrogen-bond acceptors (Lipinski definition) is 5. The summed E-state index contributed by atoms with van der Waals surface area (Å²) in [6, 6.07) is 13.5. The van der Waals surface area contributed by atoms with Crippen molar-refractivity contribution in [1.82, 2.24) is 10.8 Å². The lowest BCUT2D eigenvalue weighted by atomic mass is 10.1. The van der Waals surface area contributed by atoms with Crippen molar-refractivity contribution in [3.63, 3.8) is 0 Å². The summed E-state index contributed by atoms with van der Waals surface area (Å²) < 4.78 is 5.99. The quantitative estimate of drug-likeness (QED) is 0.140. The van der Waals surface area contributed by atoms with Crippen molar-refractivity contribution in [2.45, 2.75) is 45.1 Å². The second-order valence-corrected chi connectivity index (χ2v) is 7.09. The van der Waals surface area contributed by atoms with Gasteiger partial charge in [0.25, 0.3) is 5.91 Å². The summed E-state index contributed by atoms with van der Waals surface area (Å²) in [5.74, 6) is 0.0633. The molecule has 2 aromatic carbocycles. The van der Waals surface area contributed by atoms with Crippen LogP contribution < -0.4 is 15.5 Å². The maximum absolute atomic E-state index is 12.7. The number of nitrogens with one attached hydrogen (secondary N) is 3. The number of rotatable bonds is 12. The van der Waals surface area contributed by atoms with E-state index < -0.39 is 5.91 Å². The average Bonchev–Trinajstić information content (AvgIpc) is 2.75. The van der Waals surface area contributed by atoms with Gasteiger partial charge in [0.2, 0.25) is 5.91 Å². The average molecular weight is 412 g/mol. The maximum atomic E-state index is 12.7. The number of ether oxygens (including phenoxy) is 1. The van der Waals surface area contributed by atoms with Crippen LogP contribution in [-0.2, 0) is 9.59 Å². The molecule has 4 N–H and O–H groups in total. The number of amides is 2. The number of unbranched alkanes of at least 4 members (excludes halogenated alkanes) is 2. The predicted octanol–water partition coefficient (Wildman–Crippen LogP) is 3.76. The van der Waals surface area contributed by atoms with Crippen LogP contribution in [0.5, 0.6) is 5.75 Å². The molecule has 0 spiro atoms. The van der Waals surface area contributed by atoms with Crippen molar-refractivity contribution in [3.05, 3.63) is 54.1 Å². The number of carbonyl (C=O) groups is 2. The van der Waals surface area contributed by atoms with E-state index in [1.807, 2.05) is 55.5 Å². The van der Waals surface area contributed by atoms with Gasteiger partial charge in [0.05, 0.1) is 5.57 Å². The van der Waals surface area contributed by atoms with Crippen LogP contribution in [0.2, 0.25) is 0 Å². The molecule has 0 heterocycles. The summed E-state index contributed by atoms with van der Waals surface area (Å²) in [6.45, 7) is 1.97. The lowest BCUT2D eigenvalue weighted by molar-refractivity contribution is -0.129. The van der Waals surface area contributed by atoms with Crippen molar-refractivity contribution >= 4 is 28.8 Å². The molecule has 1 atom stereocenters. The van der Waals surface area contributed by atoms with Gasteiger partial charge in [0, 0.05) is 24.3 Å². The Hall–Kier alpha value is -3.19. The van der Waals surface area contributed by atoms with Gasteiger partial charge in [-0.05, 0) is 43.9 Å². The van der Waals surface area contributed by atoms with Crippen LogP contribution in [0.3, 0.4) is 0 Å². The molecule has 2 aromatic rings. The van der Waals surface area contributed by atoms with Crippen molar-refractivity contribution in [2.24, 2.45) is 0 Å². The molecule has 2 amide bonds. The van der Waals surface area contributed by atoms with Crippen LogP contribution >= 0.6 is 0 Å². The van der Waals surface area contributed by atoms with E-state index in [1.165, 1.54) is 6.21 Å². The zero-order chi connectivity index (χ0) is 21.8. The molecule has 0 aromatic heterocycles. The normalized spacial score (nSPS) is 12.3. The van der Waals surface area contributed by atoms with Crippen molar-refractivity contribution in [1.29, 1.82) is 5.41 Å². The summed E-state index contributed by atoms with van der Waals surface area (Å²) >= 11 is 0. The van der Waals surface area contributed by atoms with Crippen LogP contribution in [0.1, 0.15) is 39.0 Å². The van der Waals surface area contributed by atoms with E-state index in [0.29, 0.717) is 37.0 Å². The summed E-state index contributed by atoms with van der Waals surface area (Å²) in [5.41, 5.74) is 2.12. The van der Waals surface area contributed by atoms with E-state index in [2.05, 4.69) is 5.32 Å². The summed E-state index contributed by atoms with van der Waals surface area (Å²) in [5, 5.41) is 20.7. The maximum Gasteiger partial charge on any atom is 0.250 e. The summed E-state index contributed by atoms with van der Waals surface area (Å²) in [6.07, 6.45) is 5.70. The van der Waals surface area contributed by atoms with Gasteiger partial charge in [-0.15, -0.1) is 0 Å². The highest BCUT2D eigenvalue weighted by atomic mass is 16.5. The first kappa shape index (κ1) is 23.1. The molecule has 0 saturated carbocycles. The molecule has 7 heteroatoms. The van der Waals surface area contributed by atoms with Gasteiger partial charge in [-0.2, -0.15) is 0 Å². The van der Waals surface area contributed by atoms with E-state index in [9.17, 15) is 9.59 Å². The highest BCUT2D eigenvalue weighted by Crippen LogP contribution is 2.25. The molecule has 1 unspecified atom stereocenters. The summed E-state index contributed by atoms with van der Waals surface area (Å²) in [4.78, 5) is 23.8. The van der Waals surface area contributed by atoms with Gasteiger partial charge < -0.3 is 15.5 Å². The Morgan fingerprint density at radius 1 is 1.17 bits per heavy atom. The van der Waals surface area contributed by atoms with Crippen LogP contribution in [0.4, 0.5) is 0 Å². The predicted molar refractivity (Wildman–Crippen MR) is 117 cm³/mol. The highest BCUT2D eigenvalue weighted by molar-refractivity contribution is 5.94. The molecule has 0 aliphatic heterocycles. The second-order valence-electron chi connectivity index (χ2n) is 7.09. The van der Waals surface area contributed by atoms with Crippen LogP contribution in [-0.4, -0.2) is 35.9 Å². The number of fused-ring (bicyclic) bond motifs is 1. The minimum absolute atomic E-state index is 0.119. The van der Waals surface area contributed by atoms with E-state index in [-0.39, 0.29) is 25.0 Å². The van der Waals surface area contributed by atoms with Gasteiger partial charge in [0.1, 0.15) is 12.4 Å². The molecular formula is C23H29N3O4. The standard InChI is InChI=1S/C23H29N3O4/c1-17(14-15-24)25-23(28)19(9-3-2-4-13-22(27)26-29)16-30-21-12-7-10-18-8-5-6-11-20(18)21/h5-12,15,17,24,29H,2-4,13-14,16H2,1H3,(H,25,28)(H,26,27)/b19-9+,24-15?. The molecule has 7 nitrogen and oxygen atoms in total. The Balaban J connectivity index is 2.05. The lowest BCUT2D eigenvalue weighted by Gasteiger charge is -2.15. The molecule has 0 fully saturated rings. The number of hydroxylamine groups is 1. The van der Waals surface area contributed by atoms with E-state index >= 15 is 0 Å². The largest absolute Gasteiger partial charge is 0.488 e. The van der Waals surface area contributed by atoms with E-state index in [0.717, 1.165) is 10.8 Å². The van der Waals surface area contributed by atoms with Crippen LogP contribution in [0, 0.1) is 5.41 Å². The van der Waals surface area contributed by atoms with E-state index in [4.69, 9.17) is 15.4 Å². The van der Waals surface area contributed by atoms with E-state index in [1.54, 1.807) is 5.48 Å². The smallest absolute Gasteiger partial charge is 0.250 e. The van der Waals surface area contributed by atoms with Gasteiger partial charge in [-0.25, -0.2) is 5.48 Å². The second kappa shape index (κ2) is 12.4. The minimum Gasteiger partial charge on any atom is -0.488 e. The van der Waals surface area contributed by atoms with Gasteiger partial charge in [0.15, 0.2) is 0 Å². The van der Waals surface area contributed by atoms with Gasteiger partial charge in [-0.1, -0.05) is 42.5 Å². The molecular weight excluding hydrogens is 382 g/mol. The molecule has 0 aliphatic carbocycles. The first-order valence-corrected chi connectivity index (χ1v) is 10.1. The Kier molecular flexibility index (Phi) is 9.54. The van der Waals surface area contributed by atoms with Crippen LogP contribution in [0.25, 0.3) is 10.8 Å². The Morgan fingerprint density at radius 2 is 1.93 bits per heavy atom. The SMILES string of the molecule is CC(CC=N)NC(=O)/C(=C/CCCCC(=O)NO)COc1cccc2ccccc12. The fourth-order valence-electron chi connectivity index (χ4n) is 3.01. The third-order valence-corrected chi connectivity index (χ3v) is 4.65. The van der Waals surface area contributed by atoms with Gasteiger partial charge >= 0.3 is 0 Å². The molecule has 30 heavy (non-hydrogen) atoms. The number of allylic oxidation sites excluding steroid dienone is 1. The highest BCUT2D eigenvalue weighted by Gasteiger charge is 2.14. The molecule has 0 aliphatic rings. The minimum atomic E-state index is -0.420. The monoisotopic (exact) mass is 411 g/mol. The zero-order valence-corrected chi connectivity index (χ0v) is 17.2. The number of hydrogen-bond donors (Lipinski definition) is 4. The molecule has 0 saturated heterocycles. The first-order valence-electron chi connectivity index (χ1n) is 10.1. The third-order valence-electron chi connectivity index (χ3n) is 4.65. The fraction of sp³-hybridized carbons (Fsp3) is 0.348. The van der Waals surface area contributed by atoms with Crippen molar-refractivity contribution in [2.75, 3.05) is 6.61 Å². The topological polar surface area (TPSA) is 112 Å². The number of carbonyl (C=O) groups excluding carboxylic acids is 2. The third kappa shape index (κ3) is 7.33. The van der Waals surface area contributed by atoms with Crippen molar-refractivity contribution < 1.29 is 19.5 Å². The lowest BCUT2D eigenvalue weighted by Crippen LogP contribution is -2.35. The fourth-order valence-corrected chi connectivity index (χ4v) is 3.01. The Morgan fingerprint density at radius 3 is 2.70 bits per heavy atom. The molecule has 2 rings (SSSR count). The Labute approximate surface area is 176 Å². The molecule has 0 radical (unpaired) electrons. The first-order chi connectivity index (χ1) is 14.5. The molecule has 0 bridgehead atoms. The number of benzene rings is 2. The molecule has 160 valence electrons. The van der Waals surface area contributed by atoms with Gasteiger partial charge in [-0.3, -0.25) is 14.8 Å². The zero-order valence-electron chi connectivity index (χ0n) is 17.2.